The van der Waals surface area contributed by atoms with Gasteiger partial charge >= 0.3 is 6.18 Å². The molecule has 1 rings (SSSR count). The van der Waals surface area contributed by atoms with Gasteiger partial charge in [0.25, 0.3) is 0 Å². The van der Waals surface area contributed by atoms with Crippen molar-refractivity contribution in [3.05, 3.63) is 22.7 Å². The summed E-state index contributed by atoms with van der Waals surface area (Å²) >= 11 is 3.13. The molecule has 0 saturated carbocycles. The summed E-state index contributed by atoms with van der Waals surface area (Å²) < 4.78 is 62.4. The lowest BCUT2D eigenvalue weighted by molar-refractivity contribution is -0.135. The van der Waals surface area contributed by atoms with Gasteiger partial charge in [-0.05, 0) is 31.0 Å². The number of nitrogen functional groups attached to an aromatic ring is 1. The van der Waals surface area contributed by atoms with E-state index in [0.717, 1.165) is 0 Å². The van der Waals surface area contributed by atoms with Crippen molar-refractivity contribution in [1.82, 2.24) is 4.72 Å². The largest absolute Gasteiger partial charge is 0.398 e. The first-order chi connectivity index (χ1) is 9.12. The molecule has 0 amide bonds. The SMILES string of the molecule is Nc1ccc(Br)cc1S(=O)(=O)NCCCCC(F)(F)F. The number of rotatable bonds is 6. The highest BCUT2D eigenvalue weighted by atomic mass is 79.9. The zero-order valence-electron chi connectivity index (χ0n) is 10.4. The van der Waals surface area contributed by atoms with E-state index in [1.165, 1.54) is 12.1 Å². The van der Waals surface area contributed by atoms with E-state index in [9.17, 15) is 21.6 Å². The molecule has 0 radical (unpaired) electrons. The van der Waals surface area contributed by atoms with Gasteiger partial charge < -0.3 is 5.73 Å². The minimum atomic E-state index is -4.21. The molecule has 0 aliphatic rings. The Morgan fingerprint density at radius 2 is 1.90 bits per heavy atom. The maximum atomic E-state index is 11.9. The van der Waals surface area contributed by atoms with Crippen LogP contribution in [0.4, 0.5) is 18.9 Å². The van der Waals surface area contributed by atoms with Crippen LogP contribution in [0.1, 0.15) is 19.3 Å². The van der Waals surface area contributed by atoms with Crippen LogP contribution < -0.4 is 10.5 Å². The Labute approximate surface area is 123 Å². The second kappa shape index (κ2) is 6.77. The Balaban J connectivity index is 2.56. The summed E-state index contributed by atoms with van der Waals surface area (Å²) in [5, 5.41) is 0. The number of hydrogen-bond donors (Lipinski definition) is 2. The third-order valence-corrected chi connectivity index (χ3v) is 4.45. The number of alkyl halides is 3. The number of nitrogens with two attached hydrogens (primary N) is 1. The highest BCUT2D eigenvalue weighted by Gasteiger charge is 2.26. The van der Waals surface area contributed by atoms with E-state index < -0.39 is 22.6 Å². The topological polar surface area (TPSA) is 72.2 Å². The monoisotopic (exact) mass is 374 g/mol. The number of sulfonamides is 1. The normalized spacial score (nSPS) is 12.6. The van der Waals surface area contributed by atoms with Crippen molar-refractivity contribution >= 4 is 31.6 Å². The van der Waals surface area contributed by atoms with Crippen molar-refractivity contribution in [2.45, 2.75) is 30.3 Å². The van der Waals surface area contributed by atoms with Crippen LogP contribution >= 0.6 is 15.9 Å². The number of benzene rings is 1. The fourth-order valence-electron chi connectivity index (χ4n) is 1.48. The van der Waals surface area contributed by atoms with E-state index in [4.69, 9.17) is 5.73 Å². The minimum Gasteiger partial charge on any atom is -0.398 e. The molecule has 0 aliphatic carbocycles. The molecule has 0 spiro atoms. The molecule has 4 nitrogen and oxygen atoms in total. The molecule has 0 unspecified atom stereocenters. The molecule has 1 aromatic carbocycles. The zero-order chi connectivity index (χ0) is 15.4. The molecule has 3 N–H and O–H groups in total. The van der Waals surface area contributed by atoms with Crippen LogP contribution in [0.3, 0.4) is 0 Å². The molecule has 0 saturated heterocycles. The van der Waals surface area contributed by atoms with E-state index >= 15 is 0 Å². The lowest BCUT2D eigenvalue weighted by Crippen LogP contribution is -2.26. The van der Waals surface area contributed by atoms with E-state index in [1.807, 2.05) is 0 Å². The van der Waals surface area contributed by atoms with E-state index in [1.54, 1.807) is 6.07 Å². The summed E-state index contributed by atoms with van der Waals surface area (Å²) in [6.45, 7) is -0.0651. The molecule has 0 fully saturated rings. The van der Waals surface area contributed by atoms with Gasteiger partial charge in [0.1, 0.15) is 4.90 Å². The number of nitrogens with one attached hydrogen (secondary N) is 1. The molecule has 114 valence electrons. The lowest BCUT2D eigenvalue weighted by Gasteiger charge is -2.10. The molecule has 0 atom stereocenters. The van der Waals surface area contributed by atoms with Crippen LogP contribution in [-0.2, 0) is 10.0 Å². The van der Waals surface area contributed by atoms with E-state index in [2.05, 4.69) is 20.7 Å². The number of hydrogen-bond acceptors (Lipinski definition) is 3. The second-order valence-electron chi connectivity index (χ2n) is 4.15. The summed E-state index contributed by atoms with van der Waals surface area (Å²) in [7, 11) is -3.82. The van der Waals surface area contributed by atoms with Crippen molar-refractivity contribution < 1.29 is 21.6 Å². The Kier molecular flexibility index (Phi) is 5.84. The van der Waals surface area contributed by atoms with Gasteiger partial charge in [-0.3, -0.25) is 0 Å². The van der Waals surface area contributed by atoms with Crippen LogP contribution in [0.5, 0.6) is 0 Å². The fraction of sp³-hybridized carbons (Fsp3) is 0.455. The van der Waals surface area contributed by atoms with Gasteiger partial charge in [-0.15, -0.1) is 0 Å². The van der Waals surface area contributed by atoms with Crippen LogP contribution in [0.2, 0.25) is 0 Å². The van der Waals surface area contributed by atoms with Gasteiger partial charge in [0, 0.05) is 17.4 Å². The first kappa shape index (κ1) is 17.3. The predicted molar refractivity (Wildman–Crippen MR) is 73.6 cm³/mol. The summed E-state index contributed by atoms with van der Waals surface area (Å²) in [5.41, 5.74) is 5.65. The highest BCUT2D eigenvalue weighted by molar-refractivity contribution is 9.10. The summed E-state index contributed by atoms with van der Waals surface area (Å²) in [5.74, 6) is 0. The van der Waals surface area contributed by atoms with E-state index in [-0.39, 0.29) is 30.0 Å². The van der Waals surface area contributed by atoms with Crippen molar-refractivity contribution in [3.63, 3.8) is 0 Å². The Morgan fingerprint density at radius 1 is 1.25 bits per heavy atom. The van der Waals surface area contributed by atoms with Gasteiger partial charge in [-0.25, -0.2) is 13.1 Å². The Hall–Kier alpha value is -0.800. The Bertz CT molecular complexity index is 561. The molecular formula is C11H14BrF3N2O2S. The molecule has 0 aliphatic heterocycles. The highest BCUT2D eigenvalue weighted by Crippen LogP contribution is 2.24. The van der Waals surface area contributed by atoms with Crippen molar-refractivity contribution in [1.29, 1.82) is 0 Å². The molecule has 0 aromatic heterocycles. The maximum absolute atomic E-state index is 11.9. The summed E-state index contributed by atoms with van der Waals surface area (Å²) in [6, 6.07) is 4.37. The smallest absolute Gasteiger partial charge is 0.389 e. The van der Waals surface area contributed by atoms with Gasteiger partial charge in [0.05, 0.1) is 5.69 Å². The first-order valence-corrected chi connectivity index (χ1v) is 8.01. The molecule has 0 heterocycles. The van der Waals surface area contributed by atoms with Crippen LogP contribution in [0.25, 0.3) is 0 Å². The lowest BCUT2D eigenvalue weighted by atomic mass is 10.2. The summed E-state index contributed by atoms with van der Waals surface area (Å²) in [6.07, 6.45) is -5.16. The van der Waals surface area contributed by atoms with Gasteiger partial charge in [0.15, 0.2) is 0 Å². The van der Waals surface area contributed by atoms with Crippen LogP contribution in [-0.4, -0.2) is 21.1 Å². The maximum Gasteiger partial charge on any atom is 0.389 e. The Morgan fingerprint density at radius 3 is 2.50 bits per heavy atom. The third kappa shape index (κ3) is 5.68. The first-order valence-electron chi connectivity index (χ1n) is 5.73. The number of halogens is 4. The van der Waals surface area contributed by atoms with E-state index in [0.29, 0.717) is 4.47 Å². The van der Waals surface area contributed by atoms with Crippen LogP contribution in [0.15, 0.2) is 27.6 Å². The molecule has 20 heavy (non-hydrogen) atoms. The molecule has 1 aromatic rings. The third-order valence-electron chi connectivity index (χ3n) is 2.44. The van der Waals surface area contributed by atoms with Gasteiger partial charge in [0.2, 0.25) is 10.0 Å². The van der Waals surface area contributed by atoms with Gasteiger partial charge in [-0.2, -0.15) is 13.2 Å². The van der Waals surface area contributed by atoms with Crippen molar-refractivity contribution in [3.8, 4) is 0 Å². The van der Waals surface area contributed by atoms with Crippen molar-refractivity contribution in [2.24, 2.45) is 0 Å². The minimum absolute atomic E-state index is 0.0651. The van der Waals surface area contributed by atoms with Crippen molar-refractivity contribution in [2.75, 3.05) is 12.3 Å². The molecular weight excluding hydrogens is 361 g/mol. The second-order valence-corrected chi connectivity index (χ2v) is 6.80. The fourth-order valence-corrected chi connectivity index (χ4v) is 3.22. The standard InChI is InChI=1S/C11H14BrF3N2O2S/c12-8-3-4-9(16)10(7-8)20(18,19)17-6-2-1-5-11(13,14)15/h3-4,7,17H,1-2,5-6,16H2. The average molecular weight is 375 g/mol. The number of unbranched alkanes of at least 4 members (excludes halogenated alkanes) is 1. The number of anilines is 1. The average Bonchev–Trinajstić information content (AvgIpc) is 2.30. The van der Waals surface area contributed by atoms with Gasteiger partial charge in [-0.1, -0.05) is 15.9 Å². The summed E-state index contributed by atoms with van der Waals surface area (Å²) in [4.78, 5) is -0.0947. The predicted octanol–water partition coefficient (Wildman–Crippen LogP) is 3.04. The van der Waals surface area contributed by atoms with Crippen LogP contribution in [0, 0.1) is 0 Å². The molecule has 0 bridgehead atoms. The quantitative estimate of drug-likeness (QED) is 0.593. The molecule has 9 heteroatoms. The zero-order valence-corrected chi connectivity index (χ0v) is 12.8.